The molecule has 1 fully saturated rings. The Hall–Kier alpha value is -3.41. The summed E-state index contributed by atoms with van der Waals surface area (Å²) in [4.78, 5) is 27.2. The number of fused-ring (bicyclic) bond motifs is 2. The SMILES string of the molecule is O=C1c2c(O)c(=O)cnn2C(C(c2ccccc2)c2ccccc2)C2CCCCN12. The molecule has 6 heteroatoms. The number of amides is 1. The summed E-state index contributed by atoms with van der Waals surface area (Å²) in [7, 11) is 0. The molecule has 1 saturated heterocycles. The summed E-state index contributed by atoms with van der Waals surface area (Å²) < 4.78 is 1.61. The second-order valence-corrected chi connectivity index (χ2v) is 8.00. The molecule has 0 radical (unpaired) electrons. The first-order chi connectivity index (χ1) is 14.7. The van der Waals surface area contributed by atoms with Crippen LogP contribution in [0.4, 0.5) is 0 Å². The number of rotatable bonds is 3. The summed E-state index contributed by atoms with van der Waals surface area (Å²) in [6, 6.07) is 20.1. The maximum Gasteiger partial charge on any atom is 0.276 e. The maximum absolute atomic E-state index is 13.2. The van der Waals surface area contributed by atoms with Crippen LogP contribution in [0.25, 0.3) is 0 Å². The molecule has 1 N–H and O–H groups in total. The van der Waals surface area contributed by atoms with Gasteiger partial charge in [0.25, 0.3) is 5.91 Å². The zero-order valence-corrected chi connectivity index (χ0v) is 16.5. The molecule has 0 bridgehead atoms. The smallest absolute Gasteiger partial charge is 0.276 e. The number of nitrogens with zero attached hydrogens (tertiary/aromatic N) is 3. The highest BCUT2D eigenvalue weighted by molar-refractivity contribution is 5.96. The van der Waals surface area contributed by atoms with Crippen LogP contribution in [-0.2, 0) is 0 Å². The lowest BCUT2D eigenvalue weighted by molar-refractivity contribution is 0.0356. The fraction of sp³-hybridized carbons (Fsp3) is 0.292. The number of piperidine rings is 1. The van der Waals surface area contributed by atoms with Gasteiger partial charge in [-0.15, -0.1) is 0 Å². The molecule has 5 rings (SSSR count). The molecule has 1 aromatic heterocycles. The molecule has 0 spiro atoms. The van der Waals surface area contributed by atoms with Crippen molar-refractivity contribution in [2.75, 3.05) is 6.54 Å². The molecule has 152 valence electrons. The number of aromatic nitrogens is 2. The van der Waals surface area contributed by atoms with Gasteiger partial charge < -0.3 is 10.0 Å². The quantitative estimate of drug-likeness (QED) is 0.730. The van der Waals surface area contributed by atoms with Gasteiger partial charge in [-0.25, -0.2) is 0 Å². The van der Waals surface area contributed by atoms with Gasteiger partial charge in [-0.1, -0.05) is 60.7 Å². The van der Waals surface area contributed by atoms with E-state index in [2.05, 4.69) is 29.4 Å². The summed E-state index contributed by atoms with van der Waals surface area (Å²) in [5.41, 5.74) is 1.60. The van der Waals surface area contributed by atoms with Crippen molar-refractivity contribution >= 4 is 5.91 Å². The first-order valence-electron chi connectivity index (χ1n) is 10.4. The van der Waals surface area contributed by atoms with Crippen molar-refractivity contribution in [2.45, 2.75) is 37.3 Å². The highest BCUT2D eigenvalue weighted by Crippen LogP contribution is 2.45. The Morgan fingerprint density at radius 1 is 0.933 bits per heavy atom. The van der Waals surface area contributed by atoms with Crippen molar-refractivity contribution in [2.24, 2.45) is 0 Å². The average Bonchev–Trinajstić information content (AvgIpc) is 2.80. The first-order valence-corrected chi connectivity index (χ1v) is 10.4. The molecule has 2 aliphatic rings. The lowest BCUT2D eigenvalue weighted by Crippen LogP contribution is -2.55. The molecule has 2 aromatic carbocycles. The Labute approximate surface area is 174 Å². The van der Waals surface area contributed by atoms with Crippen molar-refractivity contribution in [1.82, 2.24) is 14.7 Å². The number of hydrogen-bond donors (Lipinski definition) is 1. The molecule has 2 aliphatic heterocycles. The summed E-state index contributed by atoms with van der Waals surface area (Å²) >= 11 is 0. The van der Waals surface area contributed by atoms with Crippen LogP contribution in [0.5, 0.6) is 5.75 Å². The summed E-state index contributed by atoms with van der Waals surface area (Å²) in [5, 5.41) is 14.9. The fourth-order valence-corrected chi connectivity index (χ4v) is 5.02. The zero-order valence-electron chi connectivity index (χ0n) is 16.5. The van der Waals surface area contributed by atoms with Crippen LogP contribution in [0.3, 0.4) is 0 Å². The van der Waals surface area contributed by atoms with Crippen molar-refractivity contribution in [3.8, 4) is 5.75 Å². The molecular weight excluding hydrogens is 378 g/mol. The lowest BCUT2D eigenvalue weighted by Gasteiger charge is -2.47. The van der Waals surface area contributed by atoms with E-state index in [4.69, 9.17) is 0 Å². The van der Waals surface area contributed by atoms with E-state index in [9.17, 15) is 14.7 Å². The van der Waals surface area contributed by atoms with Crippen molar-refractivity contribution in [3.05, 3.63) is 93.9 Å². The number of hydrogen-bond acceptors (Lipinski definition) is 4. The van der Waals surface area contributed by atoms with Crippen molar-refractivity contribution in [3.63, 3.8) is 0 Å². The molecule has 30 heavy (non-hydrogen) atoms. The Kier molecular flexibility index (Phi) is 4.62. The van der Waals surface area contributed by atoms with Gasteiger partial charge >= 0.3 is 0 Å². The van der Waals surface area contributed by atoms with E-state index in [1.165, 1.54) is 0 Å². The Morgan fingerprint density at radius 3 is 2.20 bits per heavy atom. The molecule has 3 heterocycles. The van der Waals surface area contributed by atoms with Crippen molar-refractivity contribution in [1.29, 1.82) is 0 Å². The van der Waals surface area contributed by atoms with Gasteiger partial charge in [0.1, 0.15) is 0 Å². The number of aromatic hydroxyl groups is 1. The normalized spacial score (nSPS) is 20.7. The van der Waals surface area contributed by atoms with Crippen LogP contribution in [0, 0.1) is 0 Å². The average molecular weight is 401 g/mol. The van der Waals surface area contributed by atoms with Gasteiger partial charge in [0.2, 0.25) is 5.43 Å². The van der Waals surface area contributed by atoms with E-state index in [1.54, 1.807) is 4.68 Å². The van der Waals surface area contributed by atoms with Crippen LogP contribution in [0.2, 0.25) is 0 Å². The van der Waals surface area contributed by atoms with E-state index in [-0.39, 0.29) is 29.6 Å². The maximum atomic E-state index is 13.2. The highest BCUT2D eigenvalue weighted by Gasteiger charge is 2.46. The van der Waals surface area contributed by atoms with Crippen LogP contribution >= 0.6 is 0 Å². The first kappa shape index (κ1) is 18.6. The predicted molar refractivity (Wildman–Crippen MR) is 113 cm³/mol. The van der Waals surface area contributed by atoms with E-state index >= 15 is 0 Å². The van der Waals surface area contributed by atoms with Crippen LogP contribution in [0.15, 0.2) is 71.7 Å². The Bertz CT molecular complexity index is 1090. The van der Waals surface area contributed by atoms with Crippen LogP contribution < -0.4 is 5.43 Å². The van der Waals surface area contributed by atoms with Gasteiger partial charge in [0, 0.05) is 12.5 Å². The highest BCUT2D eigenvalue weighted by atomic mass is 16.3. The van der Waals surface area contributed by atoms with Gasteiger partial charge in [-0.2, -0.15) is 5.10 Å². The third kappa shape index (κ3) is 2.91. The van der Waals surface area contributed by atoms with Crippen LogP contribution in [-0.4, -0.2) is 38.3 Å². The summed E-state index contributed by atoms with van der Waals surface area (Å²) in [6.07, 6.45) is 3.93. The van der Waals surface area contributed by atoms with Gasteiger partial charge in [0.05, 0.1) is 18.3 Å². The minimum Gasteiger partial charge on any atom is -0.502 e. The van der Waals surface area contributed by atoms with Crippen LogP contribution in [0.1, 0.15) is 52.8 Å². The standard InChI is InChI=1S/C24H23N3O3/c28-19-15-25-27-21(18-13-7-8-14-26(18)24(30)22(27)23(19)29)20(16-9-3-1-4-10-16)17-11-5-2-6-12-17/h1-6,9-12,15,18,20-21,29H,7-8,13-14H2. The molecule has 6 nitrogen and oxygen atoms in total. The van der Waals surface area contributed by atoms with Gasteiger partial charge in [-0.05, 0) is 30.4 Å². The van der Waals surface area contributed by atoms with E-state index in [0.717, 1.165) is 36.6 Å². The number of benzene rings is 2. The molecule has 0 aliphatic carbocycles. The second kappa shape index (κ2) is 7.44. The Morgan fingerprint density at radius 2 is 1.57 bits per heavy atom. The Balaban J connectivity index is 1.77. The third-order valence-corrected chi connectivity index (χ3v) is 6.33. The fourth-order valence-electron chi connectivity index (χ4n) is 5.02. The predicted octanol–water partition coefficient (Wildman–Crippen LogP) is 3.33. The van der Waals surface area contributed by atoms with Crippen molar-refractivity contribution < 1.29 is 9.90 Å². The molecule has 0 saturated carbocycles. The third-order valence-electron chi connectivity index (χ3n) is 6.33. The zero-order chi connectivity index (χ0) is 20.7. The minimum absolute atomic E-state index is 0.00233. The molecule has 1 amide bonds. The number of carbonyl (C=O) groups is 1. The largest absolute Gasteiger partial charge is 0.502 e. The molecular formula is C24H23N3O3. The summed E-state index contributed by atoms with van der Waals surface area (Å²) in [6.45, 7) is 0.624. The molecule has 2 unspecified atom stereocenters. The monoisotopic (exact) mass is 401 g/mol. The molecule has 2 atom stereocenters. The summed E-state index contributed by atoms with van der Waals surface area (Å²) in [5.74, 6) is -0.901. The van der Waals surface area contributed by atoms with E-state index < -0.39 is 11.2 Å². The topological polar surface area (TPSA) is 75.4 Å². The lowest BCUT2D eigenvalue weighted by atomic mass is 9.77. The second-order valence-electron chi connectivity index (χ2n) is 8.00. The van der Waals surface area contributed by atoms with E-state index in [1.807, 2.05) is 41.3 Å². The van der Waals surface area contributed by atoms with Gasteiger partial charge in [-0.3, -0.25) is 14.3 Å². The van der Waals surface area contributed by atoms with E-state index in [0.29, 0.717) is 6.54 Å². The number of carbonyl (C=O) groups excluding carboxylic acids is 1. The minimum atomic E-state index is -0.625. The molecule has 3 aromatic rings. The van der Waals surface area contributed by atoms with Gasteiger partial charge in [0.15, 0.2) is 11.4 Å².